The van der Waals surface area contributed by atoms with Crippen LogP contribution in [0.1, 0.15) is 24.5 Å². The molecule has 0 spiro atoms. The summed E-state index contributed by atoms with van der Waals surface area (Å²) in [6, 6.07) is 7.07. The first-order valence-electron chi connectivity index (χ1n) is 6.73. The summed E-state index contributed by atoms with van der Waals surface area (Å²) in [5.74, 6) is -1.62. The van der Waals surface area contributed by atoms with E-state index in [1.165, 1.54) is 10.5 Å². The fraction of sp³-hybridized carbons (Fsp3) is 0.500. The van der Waals surface area contributed by atoms with Gasteiger partial charge in [-0.2, -0.15) is 5.26 Å². The van der Waals surface area contributed by atoms with Gasteiger partial charge in [-0.05, 0) is 25.0 Å². The van der Waals surface area contributed by atoms with Crippen LogP contribution >= 0.6 is 0 Å². The molecule has 0 radical (unpaired) electrons. The first-order valence-corrected chi connectivity index (χ1v) is 8.57. The molecule has 0 unspecified atom stereocenters. The first kappa shape index (κ1) is 15.6. The molecule has 2 heterocycles. The second-order valence-corrected chi connectivity index (χ2v) is 7.16. The van der Waals surface area contributed by atoms with Crippen molar-refractivity contribution in [3.05, 3.63) is 30.1 Å². The Labute approximate surface area is 124 Å². The van der Waals surface area contributed by atoms with E-state index in [1.807, 2.05) is 6.07 Å². The fourth-order valence-electron chi connectivity index (χ4n) is 2.53. The van der Waals surface area contributed by atoms with E-state index < -0.39 is 21.9 Å². The molecule has 1 saturated heterocycles. The van der Waals surface area contributed by atoms with Gasteiger partial charge in [-0.3, -0.25) is 9.78 Å². The maximum Gasteiger partial charge on any atom is 0.211 e. The molecule has 0 aromatic carbocycles. The number of Topliss-reactive ketones (excluding diaryl/α,β-unsaturated/α-hetero) is 1. The number of nitriles is 1. The monoisotopic (exact) mass is 307 g/mol. The fourth-order valence-corrected chi connectivity index (χ4v) is 3.45. The number of hydrogen-bond acceptors (Lipinski definition) is 5. The number of hydrogen-bond donors (Lipinski definition) is 0. The minimum Gasteiger partial charge on any atom is -0.297 e. The number of nitrogens with zero attached hydrogens (tertiary/aromatic N) is 3. The molecule has 112 valence electrons. The molecular weight excluding hydrogens is 290 g/mol. The zero-order valence-corrected chi connectivity index (χ0v) is 12.6. The molecule has 2 rings (SSSR count). The molecule has 7 heteroatoms. The van der Waals surface area contributed by atoms with Gasteiger partial charge in [0, 0.05) is 25.2 Å². The third-order valence-corrected chi connectivity index (χ3v) is 4.92. The van der Waals surface area contributed by atoms with E-state index in [0.717, 1.165) is 6.26 Å². The lowest BCUT2D eigenvalue weighted by atomic mass is 9.86. The first-order chi connectivity index (χ1) is 9.93. The van der Waals surface area contributed by atoms with Gasteiger partial charge in [-0.15, -0.1) is 0 Å². The van der Waals surface area contributed by atoms with E-state index in [0.29, 0.717) is 25.1 Å². The van der Waals surface area contributed by atoms with E-state index in [-0.39, 0.29) is 12.3 Å². The lowest BCUT2D eigenvalue weighted by Gasteiger charge is -2.30. The average molecular weight is 307 g/mol. The average Bonchev–Trinajstić information content (AvgIpc) is 2.48. The van der Waals surface area contributed by atoms with Crippen molar-refractivity contribution in [2.75, 3.05) is 19.3 Å². The standard InChI is InChI=1S/C14H17N3O3S/c1-21(19,20)17-8-4-5-11(10-17)14(18)12(9-15)13-6-2-3-7-16-13/h2-3,6-7,11-12H,4-5,8,10H2,1H3/t11-,12-/m0/s1. The molecular formula is C14H17N3O3S. The third kappa shape index (κ3) is 3.65. The summed E-state index contributed by atoms with van der Waals surface area (Å²) in [7, 11) is -3.31. The van der Waals surface area contributed by atoms with Crippen molar-refractivity contribution >= 4 is 15.8 Å². The van der Waals surface area contributed by atoms with Crippen LogP contribution in [-0.2, 0) is 14.8 Å². The van der Waals surface area contributed by atoms with Crippen molar-refractivity contribution in [1.29, 1.82) is 5.26 Å². The van der Waals surface area contributed by atoms with Crippen molar-refractivity contribution < 1.29 is 13.2 Å². The Morgan fingerprint density at radius 1 is 1.52 bits per heavy atom. The van der Waals surface area contributed by atoms with E-state index >= 15 is 0 Å². The molecule has 1 aliphatic heterocycles. The summed E-state index contributed by atoms with van der Waals surface area (Å²) in [4.78, 5) is 16.6. The molecule has 6 nitrogen and oxygen atoms in total. The molecule has 0 amide bonds. The smallest absolute Gasteiger partial charge is 0.211 e. The van der Waals surface area contributed by atoms with Crippen LogP contribution in [0.15, 0.2) is 24.4 Å². The van der Waals surface area contributed by atoms with E-state index in [9.17, 15) is 18.5 Å². The predicted molar refractivity (Wildman–Crippen MR) is 76.7 cm³/mol. The predicted octanol–water partition coefficient (Wildman–Crippen LogP) is 0.929. The van der Waals surface area contributed by atoms with Gasteiger partial charge >= 0.3 is 0 Å². The van der Waals surface area contributed by atoms with Gasteiger partial charge < -0.3 is 0 Å². The topological polar surface area (TPSA) is 91.1 Å². The van der Waals surface area contributed by atoms with Gasteiger partial charge in [0.1, 0.15) is 5.92 Å². The Balaban J connectivity index is 2.17. The number of ketones is 1. The molecule has 1 aromatic heterocycles. The number of piperidine rings is 1. The van der Waals surface area contributed by atoms with Crippen molar-refractivity contribution in [3.63, 3.8) is 0 Å². The Kier molecular flexibility index (Phi) is 4.70. The lowest BCUT2D eigenvalue weighted by molar-refractivity contribution is -0.124. The van der Waals surface area contributed by atoms with Gasteiger partial charge in [0.05, 0.1) is 18.0 Å². The molecule has 0 N–H and O–H groups in total. The Morgan fingerprint density at radius 3 is 2.86 bits per heavy atom. The summed E-state index contributed by atoms with van der Waals surface area (Å²) in [6.07, 6.45) is 3.91. The number of rotatable bonds is 4. The number of carbonyl (C=O) groups excluding carboxylic acids is 1. The number of carbonyl (C=O) groups is 1. The van der Waals surface area contributed by atoms with Gasteiger partial charge in [-0.1, -0.05) is 6.07 Å². The second kappa shape index (κ2) is 6.33. The highest BCUT2D eigenvalue weighted by atomic mass is 32.2. The van der Waals surface area contributed by atoms with E-state index in [2.05, 4.69) is 4.98 Å². The van der Waals surface area contributed by atoms with Crippen LogP contribution < -0.4 is 0 Å². The van der Waals surface area contributed by atoms with Crippen molar-refractivity contribution in [2.24, 2.45) is 5.92 Å². The molecule has 21 heavy (non-hydrogen) atoms. The van der Waals surface area contributed by atoms with Gasteiger partial charge in [0.15, 0.2) is 5.78 Å². The zero-order valence-electron chi connectivity index (χ0n) is 11.8. The molecule has 0 saturated carbocycles. The van der Waals surface area contributed by atoms with Crippen LogP contribution in [0.5, 0.6) is 0 Å². The third-order valence-electron chi connectivity index (χ3n) is 3.65. The van der Waals surface area contributed by atoms with Crippen molar-refractivity contribution in [1.82, 2.24) is 9.29 Å². The van der Waals surface area contributed by atoms with Gasteiger partial charge in [0.2, 0.25) is 10.0 Å². The van der Waals surface area contributed by atoms with Crippen LogP contribution in [0.2, 0.25) is 0 Å². The summed E-state index contributed by atoms with van der Waals surface area (Å²) < 4.78 is 24.5. The van der Waals surface area contributed by atoms with Gasteiger partial charge in [-0.25, -0.2) is 12.7 Å². The zero-order chi connectivity index (χ0) is 15.5. The van der Waals surface area contributed by atoms with Crippen molar-refractivity contribution in [2.45, 2.75) is 18.8 Å². The summed E-state index contributed by atoms with van der Waals surface area (Å²) in [6.45, 7) is 0.589. The maximum absolute atomic E-state index is 12.5. The van der Waals surface area contributed by atoms with Crippen LogP contribution in [0, 0.1) is 17.2 Å². The number of pyridine rings is 1. The highest BCUT2D eigenvalue weighted by Gasteiger charge is 2.34. The van der Waals surface area contributed by atoms with Crippen LogP contribution in [0.3, 0.4) is 0 Å². The Hall–Kier alpha value is -1.78. The Bertz CT molecular complexity index is 652. The second-order valence-electron chi connectivity index (χ2n) is 5.18. The highest BCUT2D eigenvalue weighted by Crippen LogP contribution is 2.25. The van der Waals surface area contributed by atoms with E-state index in [1.54, 1.807) is 18.2 Å². The van der Waals surface area contributed by atoms with Crippen molar-refractivity contribution in [3.8, 4) is 6.07 Å². The molecule has 0 aliphatic carbocycles. The summed E-state index contributed by atoms with van der Waals surface area (Å²) in [5, 5.41) is 9.26. The number of sulfonamides is 1. The maximum atomic E-state index is 12.5. The molecule has 2 atom stereocenters. The van der Waals surface area contributed by atoms with Gasteiger partial charge in [0.25, 0.3) is 0 Å². The Morgan fingerprint density at radius 2 is 2.29 bits per heavy atom. The summed E-state index contributed by atoms with van der Waals surface area (Å²) in [5.41, 5.74) is 0.418. The minimum atomic E-state index is -3.31. The molecule has 1 aromatic rings. The van der Waals surface area contributed by atoms with Crippen LogP contribution in [0.4, 0.5) is 0 Å². The SMILES string of the molecule is CS(=O)(=O)N1CCC[C@H](C(=O)[C@@H](C#N)c2ccccn2)C1. The quantitative estimate of drug-likeness (QED) is 0.825. The van der Waals surface area contributed by atoms with Crippen LogP contribution in [-0.4, -0.2) is 42.8 Å². The highest BCUT2D eigenvalue weighted by molar-refractivity contribution is 7.88. The van der Waals surface area contributed by atoms with Crippen LogP contribution in [0.25, 0.3) is 0 Å². The minimum absolute atomic E-state index is 0.155. The summed E-state index contributed by atoms with van der Waals surface area (Å²) >= 11 is 0. The molecule has 0 bridgehead atoms. The largest absolute Gasteiger partial charge is 0.297 e. The van der Waals surface area contributed by atoms with E-state index in [4.69, 9.17) is 0 Å². The lowest BCUT2D eigenvalue weighted by Crippen LogP contribution is -2.42. The number of aromatic nitrogens is 1. The normalized spacial score (nSPS) is 21.4. The molecule has 1 fully saturated rings. The molecule has 1 aliphatic rings.